The number of aryl methyl sites for hydroxylation is 1. The fourth-order valence-electron chi connectivity index (χ4n) is 3.54. The van der Waals surface area contributed by atoms with Crippen LogP contribution >= 0.6 is 23.1 Å². The lowest BCUT2D eigenvalue weighted by atomic mass is 9.95. The lowest BCUT2D eigenvalue weighted by Gasteiger charge is -2.11. The van der Waals surface area contributed by atoms with Gasteiger partial charge in [0.1, 0.15) is 5.00 Å². The minimum atomic E-state index is -0.406. The number of rotatable bonds is 8. The van der Waals surface area contributed by atoms with E-state index < -0.39 is 5.97 Å². The number of nitrogens with zero attached hydrogens (tertiary/aromatic N) is 3. The zero-order valence-corrected chi connectivity index (χ0v) is 18.7. The van der Waals surface area contributed by atoms with E-state index in [1.807, 2.05) is 4.57 Å². The molecular weight excluding hydrogens is 436 g/mol. The molecule has 31 heavy (non-hydrogen) atoms. The first-order valence-corrected chi connectivity index (χ1v) is 11.7. The molecule has 162 valence electrons. The van der Waals surface area contributed by atoms with E-state index in [9.17, 15) is 9.59 Å². The lowest BCUT2D eigenvalue weighted by Crippen LogP contribution is -2.17. The Kier molecular flexibility index (Phi) is 6.57. The van der Waals surface area contributed by atoms with E-state index in [1.54, 1.807) is 24.5 Å². The molecule has 10 heteroatoms. The van der Waals surface area contributed by atoms with Gasteiger partial charge in [-0.2, -0.15) is 0 Å². The number of carbonyl (C=O) groups is 2. The van der Waals surface area contributed by atoms with Gasteiger partial charge in [0.05, 0.1) is 24.7 Å². The van der Waals surface area contributed by atoms with Gasteiger partial charge in [0.2, 0.25) is 11.7 Å². The summed E-state index contributed by atoms with van der Waals surface area (Å²) in [4.78, 5) is 26.2. The van der Waals surface area contributed by atoms with E-state index in [0.29, 0.717) is 33.9 Å². The van der Waals surface area contributed by atoms with Crippen LogP contribution in [0.5, 0.6) is 0 Å². The summed E-state index contributed by atoms with van der Waals surface area (Å²) >= 11 is 2.73. The standard InChI is InChI=1S/C21H22N4O4S2/c1-3-10-25-18(14-8-6-11-29-14)23-24-21(25)30-12-16(26)22-19-17(20(27)28-2)13-7-4-5-9-15(13)31-19/h3,6,8,11H,1,4-5,7,9-10,12H2,2H3,(H,22,26). The summed E-state index contributed by atoms with van der Waals surface area (Å²) in [5, 5.41) is 12.4. The number of furan rings is 1. The van der Waals surface area contributed by atoms with Crippen molar-refractivity contribution in [2.24, 2.45) is 0 Å². The fraction of sp³-hybridized carbons (Fsp3) is 0.333. The Morgan fingerprint density at radius 1 is 1.39 bits per heavy atom. The first-order valence-electron chi connectivity index (χ1n) is 9.85. The Morgan fingerprint density at radius 3 is 2.97 bits per heavy atom. The molecule has 0 aliphatic heterocycles. The van der Waals surface area contributed by atoms with Gasteiger partial charge in [-0.25, -0.2) is 4.79 Å². The van der Waals surface area contributed by atoms with Crippen molar-refractivity contribution in [3.05, 3.63) is 47.1 Å². The van der Waals surface area contributed by atoms with Crippen LogP contribution in [0.25, 0.3) is 11.6 Å². The molecule has 4 rings (SSSR count). The van der Waals surface area contributed by atoms with Crippen molar-refractivity contribution in [1.82, 2.24) is 14.8 Å². The average molecular weight is 459 g/mol. The Hall–Kier alpha value is -2.85. The summed E-state index contributed by atoms with van der Waals surface area (Å²) < 4.78 is 12.2. The molecule has 0 saturated heterocycles. The van der Waals surface area contributed by atoms with E-state index in [1.165, 1.54) is 30.2 Å². The molecule has 0 bridgehead atoms. The highest BCUT2D eigenvalue weighted by Gasteiger charge is 2.27. The molecule has 8 nitrogen and oxygen atoms in total. The normalized spacial score (nSPS) is 12.9. The average Bonchev–Trinajstić information content (AvgIpc) is 3.50. The number of aromatic nitrogens is 3. The molecule has 0 radical (unpaired) electrons. The smallest absolute Gasteiger partial charge is 0.341 e. The Labute approximate surface area is 187 Å². The predicted molar refractivity (Wildman–Crippen MR) is 120 cm³/mol. The van der Waals surface area contributed by atoms with E-state index in [2.05, 4.69) is 22.1 Å². The van der Waals surface area contributed by atoms with E-state index in [0.717, 1.165) is 36.1 Å². The van der Waals surface area contributed by atoms with Crippen molar-refractivity contribution >= 4 is 40.0 Å². The Bertz CT molecular complexity index is 1100. The molecule has 1 aliphatic rings. The third-order valence-electron chi connectivity index (χ3n) is 4.92. The van der Waals surface area contributed by atoms with Crippen molar-refractivity contribution in [2.75, 3.05) is 18.2 Å². The maximum Gasteiger partial charge on any atom is 0.341 e. The minimum Gasteiger partial charge on any atom is -0.465 e. The number of nitrogens with one attached hydrogen (secondary N) is 1. The fourth-order valence-corrected chi connectivity index (χ4v) is 5.58. The number of methoxy groups -OCH3 is 1. The second-order valence-corrected chi connectivity index (χ2v) is 8.97. The minimum absolute atomic E-state index is 0.122. The van der Waals surface area contributed by atoms with Crippen molar-refractivity contribution in [3.63, 3.8) is 0 Å². The number of amides is 1. The van der Waals surface area contributed by atoms with Gasteiger partial charge in [0, 0.05) is 11.4 Å². The lowest BCUT2D eigenvalue weighted by molar-refractivity contribution is -0.113. The third-order valence-corrected chi connectivity index (χ3v) is 7.09. The van der Waals surface area contributed by atoms with Crippen LogP contribution < -0.4 is 5.32 Å². The van der Waals surface area contributed by atoms with Gasteiger partial charge in [-0.1, -0.05) is 17.8 Å². The number of thioether (sulfide) groups is 1. The molecule has 3 aromatic heterocycles. The van der Waals surface area contributed by atoms with Crippen LogP contribution in [-0.2, 0) is 28.9 Å². The molecule has 0 saturated carbocycles. The molecular formula is C21H22N4O4S2. The Balaban J connectivity index is 1.49. The summed E-state index contributed by atoms with van der Waals surface area (Å²) in [6, 6.07) is 3.58. The number of esters is 1. The molecule has 1 aliphatic carbocycles. The van der Waals surface area contributed by atoms with E-state index in [4.69, 9.17) is 9.15 Å². The first kappa shape index (κ1) is 21.4. The van der Waals surface area contributed by atoms with Gasteiger partial charge < -0.3 is 14.5 Å². The van der Waals surface area contributed by atoms with Crippen molar-refractivity contribution in [3.8, 4) is 11.6 Å². The van der Waals surface area contributed by atoms with Crippen LogP contribution in [0.2, 0.25) is 0 Å². The van der Waals surface area contributed by atoms with Crippen LogP contribution in [0.15, 0.2) is 40.6 Å². The van der Waals surface area contributed by atoms with Crippen molar-refractivity contribution in [1.29, 1.82) is 0 Å². The van der Waals surface area contributed by atoms with E-state index in [-0.39, 0.29) is 11.7 Å². The molecule has 3 heterocycles. The van der Waals surface area contributed by atoms with Crippen LogP contribution in [-0.4, -0.2) is 39.5 Å². The van der Waals surface area contributed by atoms with Gasteiger partial charge in [-0.15, -0.1) is 28.1 Å². The maximum atomic E-state index is 12.7. The number of ether oxygens (including phenoxy) is 1. The number of fused-ring (bicyclic) bond motifs is 1. The van der Waals surface area contributed by atoms with Crippen LogP contribution in [0.1, 0.15) is 33.6 Å². The third kappa shape index (κ3) is 4.45. The molecule has 3 aromatic rings. The number of hydrogen-bond acceptors (Lipinski definition) is 8. The van der Waals surface area contributed by atoms with E-state index >= 15 is 0 Å². The highest BCUT2D eigenvalue weighted by Crippen LogP contribution is 2.38. The number of hydrogen-bond donors (Lipinski definition) is 1. The first-order chi connectivity index (χ1) is 15.1. The van der Waals surface area contributed by atoms with Gasteiger partial charge in [0.25, 0.3) is 0 Å². The monoisotopic (exact) mass is 458 g/mol. The second-order valence-electron chi connectivity index (χ2n) is 6.93. The highest BCUT2D eigenvalue weighted by molar-refractivity contribution is 7.99. The summed E-state index contributed by atoms with van der Waals surface area (Å²) in [7, 11) is 1.36. The quantitative estimate of drug-likeness (QED) is 0.307. The second kappa shape index (κ2) is 9.52. The van der Waals surface area contributed by atoms with Gasteiger partial charge in [-0.3, -0.25) is 9.36 Å². The number of thiophene rings is 1. The summed E-state index contributed by atoms with van der Waals surface area (Å²) in [6.07, 6.45) is 7.19. The molecule has 1 amide bonds. The summed E-state index contributed by atoms with van der Waals surface area (Å²) in [5.41, 5.74) is 1.51. The van der Waals surface area contributed by atoms with Crippen molar-refractivity contribution in [2.45, 2.75) is 37.4 Å². The molecule has 0 spiro atoms. The highest BCUT2D eigenvalue weighted by atomic mass is 32.2. The summed E-state index contributed by atoms with van der Waals surface area (Å²) in [6.45, 7) is 4.26. The van der Waals surface area contributed by atoms with Crippen LogP contribution in [0.3, 0.4) is 0 Å². The number of anilines is 1. The van der Waals surface area contributed by atoms with Gasteiger partial charge >= 0.3 is 5.97 Å². The molecule has 0 unspecified atom stereocenters. The van der Waals surface area contributed by atoms with Crippen LogP contribution in [0.4, 0.5) is 5.00 Å². The number of allylic oxidation sites excluding steroid dienone is 1. The molecule has 0 atom stereocenters. The maximum absolute atomic E-state index is 12.7. The molecule has 0 aromatic carbocycles. The van der Waals surface area contributed by atoms with Gasteiger partial charge in [0.15, 0.2) is 10.9 Å². The van der Waals surface area contributed by atoms with Crippen molar-refractivity contribution < 1.29 is 18.7 Å². The predicted octanol–water partition coefficient (Wildman–Crippen LogP) is 4.18. The Morgan fingerprint density at radius 2 is 2.23 bits per heavy atom. The molecule has 1 N–H and O–H groups in total. The number of carbonyl (C=O) groups excluding carboxylic acids is 2. The van der Waals surface area contributed by atoms with Gasteiger partial charge in [-0.05, 0) is 43.4 Å². The largest absolute Gasteiger partial charge is 0.465 e. The van der Waals surface area contributed by atoms with Crippen LogP contribution in [0, 0.1) is 0 Å². The summed E-state index contributed by atoms with van der Waals surface area (Å²) in [5.74, 6) is 0.665. The zero-order valence-electron chi connectivity index (χ0n) is 17.1. The topological polar surface area (TPSA) is 99.2 Å². The SMILES string of the molecule is C=CCn1c(SCC(=O)Nc2sc3c(c2C(=O)OC)CCCC3)nnc1-c1ccco1. The zero-order chi connectivity index (χ0) is 21.8. The molecule has 0 fully saturated rings.